The number of benzene rings is 3. The van der Waals surface area contributed by atoms with Crippen molar-refractivity contribution in [2.24, 2.45) is 0 Å². The Labute approximate surface area is 157 Å². The van der Waals surface area contributed by atoms with Gasteiger partial charge in [-0.25, -0.2) is 4.79 Å². The molecule has 1 aliphatic heterocycles. The van der Waals surface area contributed by atoms with E-state index >= 15 is 0 Å². The maximum Gasteiger partial charge on any atom is 0.414 e. The van der Waals surface area contributed by atoms with E-state index < -0.39 is 0 Å². The number of carbonyl (C=O) groups is 2. The van der Waals surface area contributed by atoms with E-state index in [9.17, 15) is 9.59 Å². The second-order valence-electron chi connectivity index (χ2n) is 6.61. The summed E-state index contributed by atoms with van der Waals surface area (Å²) in [5.74, 6) is -0.0570. The number of hydrogen-bond acceptors (Lipinski definition) is 3. The minimum atomic E-state index is -0.345. The van der Waals surface area contributed by atoms with Crippen LogP contribution in [0, 0.1) is 0 Å². The molecule has 5 nitrogen and oxygen atoms in total. The molecule has 5 heteroatoms. The van der Waals surface area contributed by atoms with Crippen molar-refractivity contribution in [1.82, 2.24) is 4.90 Å². The summed E-state index contributed by atoms with van der Waals surface area (Å²) >= 11 is 0. The van der Waals surface area contributed by atoms with Crippen LogP contribution in [0.2, 0.25) is 0 Å². The van der Waals surface area contributed by atoms with Crippen LogP contribution < -0.4 is 4.90 Å². The monoisotopic (exact) mass is 360 g/mol. The molecule has 136 valence electrons. The molecule has 0 bridgehead atoms. The Balaban J connectivity index is 1.51. The van der Waals surface area contributed by atoms with E-state index in [-0.39, 0.29) is 12.0 Å². The van der Waals surface area contributed by atoms with Crippen molar-refractivity contribution >= 4 is 28.5 Å². The summed E-state index contributed by atoms with van der Waals surface area (Å²) in [5.41, 5.74) is 2.44. The van der Waals surface area contributed by atoms with Crippen LogP contribution in [0.4, 0.5) is 10.5 Å². The van der Waals surface area contributed by atoms with Gasteiger partial charge in [0, 0.05) is 24.8 Å². The van der Waals surface area contributed by atoms with Crippen molar-refractivity contribution < 1.29 is 14.3 Å². The average Bonchev–Trinajstić information content (AvgIpc) is 3.13. The van der Waals surface area contributed by atoms with Gasteiger partial charge < -0.3 is 9.64 Å². The van der Waals surface area contributed by atoms with Crippen molar-refractivity contribution in [3.05, 3.63) is 77.9 Å². The molecular weight excluding hydrogens is 340 g/mol. The number of cyclic esters (lactones) is 1. The first-order valence-corrected chi connectivity index (χ1v) is 8.90. The highest BCUT2D eigenvalue weighted by atomic mass is 16.6. The van der Waals surface area contributed by atoms with Gasteiger partial charge in [-0.2, -0.15) is 0 Å². The highest BCUT2D eigenvalue weighted by Gasteiger charge is 2.23. The third-order valence-electron chi connectivity index (χ3n) is 4.82. The Morgan fingerprint density at radius 1 is 1.04 bits per heavy atom. The SMILES string of the molecule is CN(Cc1cccc2ccccc12)C(=O)c1ccc(N2CCOC2=O)cc1. The van der Waals surface area contributed by atoms with Crippen molar-refractivity contribution in [3.8, 4) is 0 Å². The molecule has 1 aliphatic rings. The highest BCUT2D eigenvalue weighted by Crippen LogP contribution is 2.22. The molecule has 0 unspecified atom stereocenters. The molecule has 1 heterocycles. The summed E-state index contributed by atoms with van der Waals surface area (Å²) in [6, 6.07) is 21.4. The van der Waals surface area contributed by atoms with Crippen LogP contribution in [0.15, 0.2) is 66.7 Å². The third kappa shape index (κ3) is 3.36. The number of rotatable bonds is 4. The number of carbonyl (C=O) groups excluding carboxylic acids is 2. The quantitative estimate of drug-likeness (QED) is 0.705. The van der Waals surface area contributed by atoms with Gasteiger partial charge in [-0.15, -0.1) is 0 Å². The first-order chi connectivity index (χ1) is 13.1. The summed E-state index contributed by atoms with van der Waals surface area (Å²) in [4.78, 5) is 27.7. The minimum Gasteiger partial charge on any atom is -0.447 e. The second-order valence-corrected chi connectivity index (χ2v) is 6.61. The molecule has 2 amide bonds. The Morgan fingerprint density at radius 3 is 2.52 bits per heavy atom. The molecule has 0 atom stereocenters. The van der Waals surface area contributed by atoms with E-state index in [4.69, 9.17) is 4.74 Å². The van der Waals surface area contributed by atoms with Crippen LogP contribution in [-0.4, -0.2) is 37.1 Å². The Kier molecular flexibility index (Phi) is 4.50. The van der Waals surface area contributed by atoms with Gasteiger partial charge in [-0.05, 0) is 40.6 Å². The smallest absolute Gasteiger partial charge is 0.414 e. The molecule has 27 heavy (non-hydrogen) atoms. The van der Waals surface area contributed by atoms with Gasteiger partial charge in [0.2, 0.25) is 0 Å². The lowest BCUT2D eigenvalue weighted by molar-refractivity contribution is 0.0785. The van der Waals surface area contributed by atoms with Crippen LogP contribution in [0.3, 0.4) is 0 Å². The van der Waals surface area contributed by atoms with Gasteiger partial charge in [0.25, 0.3) is 5.91 Å². The van der Waals surface area contributed by atoms with E-state index in [0.717, 1.165) is 22.0 Å². The fraction of sp³-hybridized carbons (Fsp3) is 0.182. The lowest BCUT2D eigenvalue weighted by Gasteiger charge is -2.19. The lowest BCUT2D eigenvalue weighted by atomic mass is 10.0. The molecule has 0 N–H and O–H groups in total. The number of ether oxygens (including phenoxy) is 1. The molecule has 4 rings (SSSR count). The van der Waals surface area contributed by atoms with E-state index in [2.05, 4.69) is 18.2 Å². The summed E-state index contributed by atoms with van der Waals surface area (Å²) in [6.07, 6.45) is -0.345. The molecule has 0 aromatic heterocycles. The molecule has 0 aliphatic carbocycles. The number of nitrogens with zero attached hydrogens (tertiary/aromatic N) is 2. The van der Waals surface area contributed by atoms with E-state index in [1.54, 1.807) is 41.1 Å². The second kappa shape index (κ2) is 7.11. The number of hydrogen-bond donors (Lipinski definition) is 0. The summed E-state index contributed by atoms with van der Waals surface area (Å²) in [5, 5.41) is 2.32. The maximum absolute atomic E-state index is 12.8. The predicted octanol–water partition coefficient (Wildman–Crippen LogP) is 4.07. The highest BCUT2D eigenvalue weighted by molar-refractivity contribution is 5.96. The normalized spacial score (nSPS) is 13.7. The third-order valence-corrected chi connectivity index (χ3v) is 4.82. The van der Waals surface area contributed by atoms with Gasteiger partial charge in [0.1, 0.15) is 6.61 Å². The topological polar surface area (TPSA) is 49.9 Å². The molecule has 3 aromatic rings. The predicted molar refractivity (Wildman–Crippen MR) is 105 cm³/mol. The minimum absolute atomic E-state index is 0.0570. The summed E-state index contributed by atoms with van der Waals surface area (Å²) in [6.45, 7) is 1.46. The van der Waals surface area contributed by atoms with Gasteiger partial charge in [0.15, 0.2) is 0 Å². The largest absolute Gasteiger partial charge is 0.447 e. The first kappa shape index (κ1) is 17.1. The Morgan fingerprint density at radius 2 is 1.78 bits per heavy atom. The van der Waals surface area contributed by atoms with Gasteiger partial charge in [-0.3, -0.25) is 9.69 Å². The Bertz CT molecular complexity index is 993. The lowest BCUT2D eigenvalue weighted by Crippen LogP contribution is -2.27. The zero-order valence-electron chi connectivity index (χ0n) is 15.1. The molecule has 0 spiro atoms. The number of amides is 2. The van der Waals surface area contributed by atoms with Crippen molar-refractivity contribution in [3.63, 3.8) is 0 Å². The van der Waals surface area contributed by atoms with Crippen molar-refractivity contribution in [2.45, 2.75) is 6.54 Å². The van der Waals surface area contributed by atoms with Crippen LogP contribution in [0.25, 0.3) is 10.8 Å². The summed E-state index contributed by atoms with van der Waals surface area (Å²) in [7, 11) is 1.80. The fourth-order valence-electron chi connectivity index (χ4n) is 3.39. The zero-order valence-corrected chi connectivity index (χ0v) is 15.1. The fourth-order valence-corrected chi connectivity index (χ4v) is 3.39. The molecule has 3 aromatic carbocycles. The molecular formula is C22H20N2O3. The summed E-state index contributed by atoms with van der Waals surface area (Å²) < 4.78 is 4.95. The standard InChI is InChI=1S/C22H20N2O3/c1-23(15-18-7-4-6-16-5-2-3-8-20(16)18)21(25)17-9-11-19(12-10-17)24-13-14-27-22(24)26/h2-12H,13-15H2,1H3. The van der Waals surface area contributed by atoms with Crippen molar-refractivity contribution in [1.29, 1.82) is 0 Å². The molecule has 0 saturated carbocycles. The van der Waals surface area contributed by atoms with Crippen LogP contribution in [0.5, 0.6) is 0 Å². The van der Waals surface area contributed by atoms with Gasteiger partial charge in [-0.1, -0.05) is 42.5 Å². The van der Waals surface area contributed by atoms with Crippen molar-refractivity contribution in [2.75, 3.05) is 25.1 Å². The first-order valence-electron chi connectivity index (χ1n) is 8.90. The van der Waals surface area contributed by atoms with Crippen LogP contribution in [0.1, 0.15) is 15.9 Å². The number of anilines is 1. The zero-order chi connectivity index (χ0) is 18.8. The molecule has 0 radical (unpaired) electrons. The average molecular weight is 360 g/mol. The van der Waals surface area contributed by atoms with Gasteiger partial charge in [0.05, 0.1) is 6.54 Å². The van der Waals surface area contributed by atoms with Crippen LogP contribution >= 0.6 is 0 Å². The van der Waals surface area contributed by atoms with E-state index in [1.165, 1.54) is 0 Å². The Hall–Kier alpha value is -3.34. The maximum atomic E-state index is 12.8. The molecule has 1 saturated heterocycles. The number of fused-ring (bicyclic) bond motifs is 1. The van der Waals surface area contributed by atoms with E-state index in [0.29, 0.717) is 25.3 Å². The molecule has 1 fully saturated rings. The van der Waals surface area contributed by atoms with Crippen LogP contribution in [-0.2, 0) is 11.3 Å². The van der Waals surface area contributed by atoms with E-state index in [1.807, 2.05) is 24.3 Å². The van der Waals surface area contributed by atoms with Gasteiger partial charge >= 0.3 is 6.09 Å².